The van der Waals surface area contributed by atoms with Crippen molar-refractivity contribution in [2.75, 3.05) is 0 Å². The molecule has 0 saturated heterocycles. The van der Waals surface area contributed by atoms with Gasteiger partial charge in [-0.05, 0) is 53.1 Å². The number of hydrogen-bond acceptors (Lipinski definition) is 5. The minimum atomic E-state index is -0.504. The van der Waals surface area contributed by atoms with E-state index in [2.05, 4.69) is 13.2 Å². The minimum Gasteiger partial charge on any atom is -0.489 e. The van der Waals surface area contributed by atoms with Crippen molar-refractivity contribution in [2.24, 2.45) is 0 Å². The van der Waals surface area contributed by atoms with Gasteiger partial charge in [0, 0.05) is 12.2 Å². The van der Waals surface area contributed by atoms with Gasteiger partial charge in [-0.2, -0.15) is 0 Å². The average Bonchev–Trinajstić information content (AvgIpc) is 2.79. The van der Waals surface area contributed by atoms with E-state index in [0.29, 0.717) is 23.9 Å². The maximum absolute atomic E-state index is 11.2. The van der Waals surface area contributed by atoms with E-state index in [1.54, 1.807) is 36.4 Å². The molecule has 3 aromatic carbocycles. The second kappa shape index (κ2) is 9.89. The van der Waals surface area contributed by atoms with Crippen LogP contribution in [0.25, 0.3) is 11.1 Å². The standard InChI is InChI=1S/C25H20O5/c1-3-24(26)29-22-11-9-20(10-12-22)19-7-5-18(6-8-19)17-28-21-13-15-23(16-14-21)30-25(27)4-2/h3-16H,1-2,17H2. The average molecular weight is 400 g/mol. The van der Waals surface area contributed by atoms with Gasteiger partial charge in [0.25, 0.3) is 0 Å². The molecular weight excluding hydrogens is 380 g/mol. The van der Waals surface area contributed by atoms with Crippen molar-refractivity contribution in [1.82, 2.24) is 0 Å². The molecule has 0 N–H and O–H groups in total. The van der Waals surface area contributed by atoms with Crippen LogP contribution in [0.3, 0.4) is 0 Å². The van der Waals surface area contributed by atoms with Gasteiger partial charge < -0.3 is 14.2 Å². The van der Waals surface area contributed by atoms with Gasteiger partial charge in [0.1, 0.15) is 23.9 Å². The summed E-state index contributed by atoms with van der Waals surface area (Å²) in [6.07, 6.45) is 2.24. The molecule has 0 amide bonds. The molecule has 0 aliphatic rings. The van der Waals surface area contributed by atoms with E-state index in [1.807, 2.05) is 36.4 Å². The van der Waals surface area contributed by atoms with Crippen molar-refractivity contribution >= 4 is 11.9 Å². The van der Waals surface area contributed by atoms with Gasteiger partial charge in [0.2, 0.25) is 0 Å². The molecule has 0 radical (unpaired) electrons. The van der Waals surface area contributed by atoms with Gasteiger partial charge in [0.05, 0.1) is 0 Å². The second-order valence-corrected chi connectivity index (χ2v) is 6.23. The van der Waals surface area contributed by atoms with E-state index in [1.165, 1.54) is 0 Å². The van der Waals surface area contributed by atoms with Crippen molar-refractivity contribution < 1.29 is 23.8 Å². The topological polar surface area (TPSA) is 61.8 Å². The highest BCUT2D eigenvalue weighted by Crippen LogP contribution is 2.24. The lowest BCUT2D eigenvalue weighted by atomic mass is 10.0. The van der Waals surface area contributed by atoms with Gasteiger partial charge in [-0.1, -0.05) is 49.6 Å². The molecule has 0 saturated carbocycles. The summed E-state index contributed by atoms with van der Waals surface area (Å²) in [6, 6.07) is 22.0. The summed E-state index contributed by atoms with van der Waals surface area (Å²) in [5.41, 5.74) is 3.05. The zero-order valence-corrected chi connectivity index (χ0v) is 16.2. The van der Waals surface area contributed by atoms with E-state index < -0.39 is 11.9 Å². The maximum atomic E-state index is 11.2. The van der Waals surface area contributed by atoms with Gasteiger partial charge in [-0.3, -0.25) is 0 Å². The molecule has 3 aromatic rings. The number of carbonyl (C=O) groups excluding carboxylic acids is 2. The number of ether oxygens (including phenoxy) is 3. The van der Waals surface area contributed by atoms with Crippen molar-refractivity contribution in [2.45, 2.75) is 6.61 Å². The molecule has 0 heterocycles. The fourth-order valence-electron chi connectivity index (χ4n) is 2.60. The van der Waals surface area contributed by atoms with E-state index >= 15 is 0 Å². The molecule has 0 spiro atoms. The zero-order valence-electron chi connectivity index (χ0n) is 16.2. The predicted molar refractivity (Wildman–Crippen MR) is 114 cm³/mol. The Kier molecular flexibility index (Phi) is 6.79. The van der Waals surface area contributed by atoms with Crippen LogP contribution in [0.5, 0.6) is 17.2 Å². The molecule has 0 unspecified atom stereocenters. The summed E-state index contributed by atoms with van der Waals surface area (Å²) < 4.78 is 15.9. The fraction of sp³-hybridized carbons (Fsp3) is 0.0400. The van der Waals surface area contributed by atoms with Crippen molar-refractivity contribution in [3.05, 3.63) is 104 Å². The first kappa shape index (κ1) is 20.6. The molecule has 0 bridgehead atoms. The third-order valence-corrected chi connectivity index (χ3v) is 4.14. The molecule has 0 fully saturated rings. The first-order valence-electron chi connectivity index (χ1n) is 9.18. The SMILES string of the molecule is C=CC(=O)Oc1ccc(OCc2ccc(-c3ccc(OC(=O)C=C)cc3)cc2)cc1. The molecule has 5 heteroatoms. The molecule has 3 rings (SSSR count). The summed E-state index contributed by atoms with van der Waals surface area (Å²) in [4.78, 5) is 22.4. The molecule has 0 aliphatic carbocycles. The van der Waals surface area contributed by atoms with Gasteiger partial charge in [0.15, 0.2) is 0 Å². The highest BCUT2D eigenvalue weighted by atomic mass is 16.5. The van der Waals surface area contributed by atoms with Crippen LogP contribution in [-0.4, -0.2) is 11.9 Å². The van der Waals surface area contributed by atoms with Crippen molar-refractivity contribution in [3.63, 3.8) is 0 Å². The Morgan fingerprint density at radius 2 is 1.03 bits per heavy atom. The number of hydrogen-bond donors (Lipinski definition) is 0. The lowest BCUT2D eigenvalue weighted by Crippen LogP contribution is -2.03. The summed E-state index contributed by atoms with van der Waals surface area (Å²) >= 11 is 0. The second-order valence-electron chi connectivity index (χ2n) is 6.23. The smallest absolute Gasteiger partial charge is 0.335 e. The van der Waals surface area contributed by atoms with E-state index in [4.69, 9.17) is 14.2 Å². The Bertz CT molecular complexity index is 1030. The molecule has 0 aliphatic heterocycles. The molecule has 5 nitrogen and oxygen atoms in total. The maximum Gasteiger partial charge on any atom is 0.335 e. The number of esters is 2. The van der Waals surface area contributed by atoms with Gasteiger partial charge in [-0.25, -0.2) is 9.59 Å². The highest BCUT2D eigenvalue weighted by Gasteiger charge is 2.04. The van der Waals surface area contributed by atoms with Crippen LogP contribution in [-0.2, 0) is 16.2 Å². The first-order valence-corrected chi connectivity index (χ1v) is 9.18. The van der Waals surface area contributed by atoms with E-state index in [9.17, 15) is 9.59 Å². The lowest BCUT2D eigenvalue weighted by Gasteiger charge is -2.09. The lowest BCUT2D eigenvalue weighted by molar-refractivity contribution is -0.129. The van der Waals surface area contributed by atoms with Crippen LogP contribution < -0.4 is 14.2 Å². The molecule has 0 aromatic heterocycles. The molecule has 0 atom stereocenters. The number of rotatable bonds is 8. The van der Waals surface area contributed by atoms with Crippen molar-refractivity contribution in [3.8, 4) is 28.4 Å². The Balaban J connectivity index is 1.57. The normalized spacial score (nSPS) is 10.0. The van der Waals surface area contributed by atoms with E-state index in [-0.39, 0.29) is 0 Å². The van der Waals surface area contributed by atoms with Crippen LogP contribution >= 0.6 is 0 Å². The van der Waals surface area contributed by atoms with Crippen LogP contribution in [0, 0.1) is 0 Å². The van der Waals surface area contributed by atoms with Crippen LogP contribution in [0.2, 0.25) is 0 Å². The Hall–Kier alpha value is -4.12. The van der Waals surface area contributed by atoms with Crippen molar-refractivity contribution in [1.29, 1.82) is 0 Å². The van der Waals surface area contributed by atoms with Crippen LogP contribution in [0.15, 0.2) is 98.1 Å². The van der Waals surface area contributed by atoms with Gasteiger partial charge in [-0.15, -0.1) is 0 Å². The predicted octanol–water partition coefficient (Wildman–Crippen LogP) is 5.12. The Labute approximate surface area is 174 Å². The monoisotopic (exact) mass is 400 g/mol. The van der Waals surface area contributed by atoms with Gasteiger partial charge >= 0.3 is 11.9 Å². The number of benzene rings is 3. The minimum absolute atomic E-state index is 0.405. The van der Waals surface area contributed by atoms with Crippen LogP contribution in [0.1, 0.15) is 5.56 Å². The largest absolute Gasteiger partial charge is 0.489 e. The van der Waals surface area contributed by atoms with E-state index in [0.717, 1.165) is 28.8 Å². The summed E-state index contributed by atoms with van der Waals surface area (Å²) in [5, 5.41) is 0. The first-order chi connectivity index (χ1) is 14.6. The summed E-state index contributed by atoms with van der Waals surface area (Å²) in [5.74, 6) is 0.582. The molecule has 30 heavy (non-hydrogen) atoms. The van der Waals surface area contributed by atoms with Crippen LogP contribution in [0.4, 0.5) is 0 Å². The number of carbonyl (C=O) groups is 2. The molecule has 150 valence electrons. The third-order valence-electron chi connectivity index (χ3n) is 4.14. The Morgan fingerprint density at radius 3 is 1.50 bits per heavy atom. The highest BCUT2D eigenvalue weighted by molar-refractivity contribution is 5.83. The molecular formula is C25H20O5. The zero-order chi connectivity index (χ0) is 21.3. The summed E-state index contributed by atoms with van der Waals surface area (Å²) in [7, 11) is 0. The Morgan fingerprint density at radius 1 is 0.633 bits per heavy atom. The third kappa shape index (κ3) is 5.69. The fourth-order valence-corrected chi connectivity index (χ4v) is 2.60. The summed E-state index contributed by atoms with van der Waals surface area (Å²) in [6.45, 7) is 7.14. The quantitative estimate of drug-likeness (QED) is 0.299.